The Hall–Kier alpha value is -0.500. The molecule has 1 aliphatic rings. The van der Waals surface area contributed by atoms with E-state index >= 15 is 0 Å². The first-order valence-electron chi connectivity index (χ1n) is 3.80. The third kappa shape index (κ3) is 1.74. The number of morpholine rings is 1. The molecule has 1 fully saturated rings. The van der Waals surface area contributed by atoms with Crippen LogP contribution in [-0.4, -0.2) is 31.2 Å². The third-order valence-corrected chi connectivity index (χ3v) is 1.93. The summed E-state index contributed by atoms with van der Waals surface area (Å²) in [4.78, 5) is 2.35. The summed E-state index contributed by atoms with van der Waals surface area (Å²) < 4.78 is 5.23. The average Bonchev–Trinajstić information content (AvgIpc) is 2.05. The first-order chi connectivity index (χ1) is 4.84. The zero-order valence-electron chi connectivity index (χ0n) is 6.76. The van der Waals surface area contributed by atoms with Crippen LogP contribution in [0.3, 0.4) is 0 Å². The molecular weight excluding hydrogens is 126 g/mol. The summed E-state index contributed by atoms with van der Waals surface area (Å²) in [5.74, 6) is 0. The van der Waals surface area contributed by atoms with E-state index in [2.05, 4.69) is 24.8 Å². The molecule has 10 heavy (non-hydrogen) atoms. The molecule has 1 rings (SSSR count). The fraction of sp³-hybridized carbons (Fsp3) is 0.750. The Kier molecular flexibility index (Phi) is 2.75. The summed E-state index contributed by atoms with van der Waals surface area (Å²) in [7, 11) is 0. The van der Waals surface area contributed by atoms with Crippen LogP contribution in [0.1, 0.15) is 13.8 Å². The number of allylic oxidation sites excluding steroid dienone is 2. The van der Waals surface area contributed by atoms with E-state index in [9.17, 15) is 0 Å². The second-order valence-corrected chi connectivity index (χ2v) is 2.53. The molecule has 1 aliphatic heterocycles. The maximum Gasteiger partial charge on any atom is 0.0642 e. The molecule has 0 aromatic heterocycles. The Morgan fingerprint density at radius 2 is 2.00 bits per heavy atom. The molecule has 2 nitrogen and oxygen atoms in total. The summed E-state index contributed by atoms with van der Waals surface area (Å²) in [5, 5.41) is 0. The zero-order valence-corrected chi connectivity index (χ0v) is 6.76. The summed E-state index contributed by atoms with van der Waals surface area (Å²) in [6, 6.07) is 0. The molecule has 58 valence electrons. The van der Waals surface area contributed by atoms with Gasteiger partial charge in [0, 0.05) is 18.8 Å². The SMILES string of the molecule is CC=C(C)N1CCOCC1. The minimum atomic E-state index is 0.880. The van der Waals surface area contributed by atoms with E-state index in [-0.39, 0.29) is 0 Å². The van der Waals surface area contributed by atoms with Crippen LogP contribution in [0.2, 0.25) is 0 Å². The number of ether oxygens (including phenoxy) is 1. The lowest BCUT2D eigenvalue weighted by Gasteiger charge is -2.29. The quantitative estimate of drug-likeness (QED) is 0.545. The molecule has 0 aliphatic carbocycles. The Morgan fingerprint density at radius 1 is 1.40 bits per heavy atom. The fourth-order valence-corrected chi connectivity index (χ4v) is 1.10. The highest BCUT2D eigenvalue weighted by Crippen LogP contribution is 2.05. The van der Waals surface area contributed by atoms with Crippen molar-refractivity contribution in [2.75, 3.05) is 26.3 Å². The van der Waals surface area contributed by atoms with Gasteiger partial charge in [0.1, 0.15) is 0 Å². The van der Waals surface area contributed by atoms with Gasteiger partial charge in [-0.1, -0.05) is 6.08 Å². The summed E-state index contributed by atoms with van der Waals surface area (Å²) in [6.45, 7) is 8.08. The number of rotatable bonds is 1. The van der Waals surface area contributed by atoms with Crippen LogP contribution >= 0.6 is 0 Å². The predicted molar refractivity (Wildman–Crippen MR) is 41.8 cm³/mol. The molecule has 0 atom stereocenters. The van der Waals surface area contributed by atoms with Crippen molar-refractivity contribution in [3.63, 3.8) is 0 Å². The fourth-order valence-electron chi connectivity index (χ4n) is 1.10. The number of nitrogens with zero attached hydrogens (tertiary/aromatic N) is 1. The molecule has 0 bridgehead atoms. The Bertz CT molecular complexity index is 125. The van der Waals surface area contributed by atoms with Crippen molar-refractivity contribution in [3.05, 3.63) is 11.8 Å². The molecule has 0 amide bonds. The van der Waals surface area contributed by atoms with Crippen molar-refractivity contribution >= 4 is 0 Å². The van der Waals surface area contributed by atoms with Gasteiger partial charge in [-0.3, -0.25) is 0 Å². The van der Waals surface area contributed by atoms with Crippen molar-refractivity contribution in [2.45, 2.75) is 13.8 Å². The second kappa shape index (κ2) is 3.62. The third-order valence-electron chi connectivity index (χ3n) is 1.93. The van der Waals surface area contributed by atoms with E-state index in [0.29, 0.717) is 0 Å². The molecule has 0 unspecified atom stereocenters. The lowest BCUT2D eigenvalue weighted by molar-refractivity contribution is 0.0537. The van der Waals surface area contributed by atoms with Crippen molar-refractivity contribution in [3.8, 4) is 0 Å². The van der Waals surface area contributed by atoms with Crippen LogP contribution in [0.5, 0.6) is 0 Å². The maximum absolute atomic E-state index is 5.23. The van der Waals surface area contributed by atoms with Crippen molar-refractivity contribution in [2.24, 2.45) is 0 Å². The van der Waals surface area contributed by atoms with Gasteiger partial charge in [0.2, 0.25) is 0 Å². The van der Waals surface area contributed by atoms with Gasteiger partial charge in [-0.05, 0) is 13.8 Å². The highest BCUT2D eigenvalue weighted by molar-refractivity contribution is 4.95. The van der Waals surface area contributed by atoms with E-state index in [0.717, 1.165) is 26.3 Å². The molecule has 0 aromatic rings. The standard InChI is InChI=1S/C8H15NO/c1-3-8(2)9-4-6-10-7-5-9/h3H,4-7H2,1-2H3. The van der Waals surface area contributed by atoms with Gasteiger partial charge in [0.25, 0.3) is 0 Å². The maximum atomic E-state index is 5.23. The Morgan fingerprint density at radius 3 is 2.50 bits per heavy atom. The molecule has 0 spiro atoms. The van der Waals surface area contributed by atoms with Gasteiger partial charge in [0.15, 0.2) is 0 Å². The minimum absolute atomic E-state index is 0.880. The molecule has 0 saturated carbocycles. The molecule has 0 aromatic carbocycles. The van der Waals surface area contributed by atoms with Crippen molar-refractivity contribution in [1.82, 2.24) is 4.90 Å². The zero-order chi connectivity index (χ0) is 7.40. The van der Waals surface area contributed by atoms with Gasteiger partial charge in [-0.15, -0.1) is 0 Å². The topological polar surface area (TPSA) is 12.5 Å². The first kappa shape index (κ1) is 7.61. The lowest BCUT2D eigenvalue weighted by Crippen LogP contribution is -2.34. The van der Waals surface area contributed by atoms with Crippen LogP contribution in [0.25, 0.3) is 0 Å². The molecule has 0 N–H and O–H groups in total. The van der Waals surface area contributed by atoms with Crippen molar-refractivity contribution in [1.29, 1.82) is 0 Å². The minimum Gasteiger partial charge on any atom is -0.378 e. The molecule has 0 radical (unpaired) electrons. The van der Waals surface area contributed by atoms with Crippen LogP contribution in [0, 0.1) is 0 Å². The largest absolute Gasteiger partial charge is 0.378 e. The highest BCUT2D eigenvalue weighted by Gasteiger charge is 2.08. The molecule has 2 heteroatoms. The van der Waals surface area contributed by atoms with Gasteiger partial charge in [0.05, 0.1) is 13.2 Å². The normalized spacial score (nSPS) is 21.4. The van der Waals surface area contributed by atoms with Crippen LogP contribution < -0.4 is 0 Å². The summed E-state index contributed by atoms with van der Waals surface area (Å²) in [6.07, 6.45) is 2.14. The predicted octanol–water partition coefficient (Wildman–Crippen LogP) is 1.24. The molecule has 1 heterocycles. The van der Waals surface area contributed by atoms with Crippen molar-refractivity contribution < 1.29 is 4.74 Å². The van der Waals surface area contributed by atoms with E-state index in [1.54, 1.807) is 0 Å². The van der Waals surface area contributed by atoms with E-state index in [4.69, 9.17) is 4.74 Å². The highest BCUT2D eigenvalue weighted by atomic mass is 16.5. The van der Waals surface area contributed by atoms with Gasteiger partial charge in [-0.25, -0.2) is 0 Å². The summed E-state index contributed by atoms with van der Waals surface area (Å²) >= 11 is 0. The Labute approximate surface area is 62.5 Å². The number of hydrogen-bond donors (Lipinski definition) is 0. The van der Waals surface area contributed by atoms with E-state index in [1.807, 2.05) is 0 Å². The van der Waals surface area contributed by atoms with Crippen LogP contribution in [0.15, 0.2) is 11.8 Å². The first-order valence-corrected chi connectivity index (χ1v) is 3.80. The smallest absolute Gasteiger partial charge is 0.0642 e. The van der Waals surface area contributed by atoms with Gasteiger partial charge in [-0.2, -0.15) is 0 Å². The van der Waals surface area contributed by atoms with Crippen LogP contribution in [-0.2, 0) is 4.74 Å². The van der Waals surface area contributed by atoms with Gasteiger partial charge >= 0.3 is 0 Å². The molecule has 1 saturated heterocycles. The van der Waals surface area contributed by atoms with Gasteiger partial charge < -0.3 is 9.64 Å². The molecular formula is C8H15NO. The van der Waals surface area contributed by atoms with Crippen LogP contribution in [0.4, 0.5) is 0 Å². The lowest BCUT2D eigenvalue weighted by atomic mass is 10.3. The summed E-state index contributed by atoms with van der Waals surface area (Å²) in [5.41, 5.74) is 1.36. The average molecular weight is 141 g/mol. The van der Waals surface area contributed by atoms with E-state index in [1.165, 1.54) is 5.70 Å². The second-order valence-electron chi connectivity index (χ2n) is 2.53. The number of hydrogen-bond acceptors (Lipinski definition) is 2. The van der Waals surface area contributed by atoms with E-state index < -0.39 is 0 Å². The monoisotopic (exact) mass is 141 g/mol. The Balaban J connectivity index is 2.39.